The normalized spacial score (nSPS) is 31.0. The Hall–Kier alpha value is -3.21. The molecule has 1 aliphatic carbocycles. The monoisotopic (exact) mass is 472 g/mol. The zero-order chi connectivity index (χ0) is 25.1. The van der Waals surface area contributed by atoms with Crippen LogP contribution in [0.15, 0.2) is 42.6 Å². The summed E-state index contributed by atoms with van der Waals surface area (Å²) in [6, 6.07) is 7.72. The van der Waals surface area contributed by atoms with E-state index in [1.165, 1.54) is 6.20 Å². The average molecular weight is 473 g/mol. The fourth-order valence-electron chi connectivity index (χ4n) is 5.78. The van der Waals surface area contributed by atoms with Crippen LogP contribution in [-0.4, -0.2) is 32.2 Å². The summed E-state index contributed by atoms with van der Waals surface area (Å²) in [6.45, 7) is 8.55. The van der Waals surface area contributed by atoms with E-state index in [0.717, 1.165) is 36.0 Å². The number of allylic oxidation sites excluding steroid dienone is 2. The molecule has 0 saturated carbocycles. The van der Waals surface area contributed by atoms with E-state index >= 15 is 0 Å². The topological polar surface area (TPSA) is 111 Å². The Morgan fingerprint density at radius 2 is 1.91 bits per heavy atom. The second-order valence-electron chi connectivity index (χ2n) is 11.5. The number of fused-ring (bicyclic) bond motifs is 2. The lowest BCUT2D eigenvalue weighted by molar-refractivity contribution is -0.186. The van der Waals surface area contributed by atoms with Gasteiger partial charge in [0.25, 0.3) is 5.91 Å². The van der Waals surface area contributed by atoms with Crippen LogP contribution in [-0.2, 0) is 10.3 Å². The average Bonchev–Trinajstić information content (AvgIpc) is 3.35. The molecule has 7 nitrogen and oxygen atoms in total. The van der Waals surface area contributed by atoms with Crippen molar-refractivity contribution in [3.05, 3.63) is 65.3 Å². The second-order valence-corrected chi connectivity index (χ2v) is 11.5. The minimum atomic E-state index is -1.06. The van der Waals surface area contributed by atoms with Crippen LogP contribution in [0.25, 0.3) is 5.57 Å². The molecule has 35 heavy (non-hydrogen) atoms. The summed E-state index contributed by atoms with van der Waals surface area (Å²) in [4.78, 5) is 19.7. The van der Waals surface area contributed by atoms with Crippen LogP contribution in [0.4, 0.5) is 5.69 Å². The number of aliphatic hydroxyl groups is 1. The molecule has 1 saturated heterocycles. The van der Waals surface area contributed by atoms with Crippen molar-refractivity contribution in [3.8, 4) is 6.07 Å². The number of hydrogen-bond donors (Lipinski definition) is 3. The van der Waals surface area contributed by atoms with Gasteiger partial charge in [-0.25, -0.2) is 4.98 Å². The molecule has 0 radical (unpaired) electrons. The van der Waals surface area contributed by atoms with E-state index in [0.29, 0.717) is 18.5 Å². The first-order chi connectivity index (χ1) is 16.4. The number of aromatic nitrogens is 2. The first-order valence-corrected chi connectivity index (χ1v) is 12.2. The summed E-state index contributed by atoms with van der Waals surface area (Å²) in [6.07, 6.45) is 11.6. The van der Waals surface area contributed by atoms with E-state index in [1.807, 2.05) is 38.1 Å². The van der Waals surface area contributed by atoms with Gasteiger partial charge in [0.1, 0.15) is 6.07 Å². The molecule has 0 spiro atoms. The smallest absolute Gasteiger partial charge is 0.291 e. The number of carbonyl (C=O) groups is 1. The molecule has 2 bridgehead atoms. The third-order valence-electron chi connectivity index (χ3n) is 7.57. The number of nitriles is 1. The number of ether oxygens (including phenoxy) is 1. The highest BCUT2D eigenvalue weighted by molar-refractivity contribution is 6.03. The van der Waals surface area contributed by atoms with Gasteiger partial charge in [0, 0.05) is 30.3 Å². The molecule has 2 aromatic rings. The number of benzene rings is 1. The molecular weight excluding hydrogens is 440 g/mol. The summed E-state index contributed by atoms with van der Waals surface area (Å²) in [5.41, 5.74) is 1.87. The van der Waals surface area contributed by atoms with Crippen LogP contribution in [0, 0.1) is 16.7 Å². The molecular formula is C28H32N4O3. The maximum atomic E-state index is 12.9. The van der Waals surface area contributed by atoms with Crippen molar-refractivity contribution in [2.45, 2.75) is 76.6 Å². The Morgan fingerprint density at radius 1 is 1.20 bits per heavy atom. The number of nitrogens with one attached hydrogen (secondary N) is 2. The highest BCUT2D eigenvalue weighted by Gasteiger charge is 2.53. The fraction of sp³-hybridized carbons (Fsp3) is 0.464. The summed E-state index contributed by atoms with van der Waals surface area (Å²) in [5.74, 6) is -0.328. The van der Waals surface area contributed by atoms with Crippen LogP contribution in [0.2, 0.25) is 0 Å². The molecule has 3 aliphatic rings. The van der Waals surface area contributed by atoms with Crippen LogP contribution in [0.1, 0.15) is 87.2 Å². The Labute approximate surface area is 205 Å². The van der Waals surface area contributed by atoms with Crippen molar-refractivity contribution in [1.29, 1.82) is 5.26 Å². The van der Waals surface area contributed by atoms with Gasteiger partial charge in [-0.3, -0.25) is 4.79 Å². The number of anilines is 1. The predicted molar refractivity (Wildman–Crippen MR) is 133 cm³/mol. The zero-order valence-corrected chi connectivity index (χ0v) is 20.7. The lowest BCUT2D eigenvalue weighted by Crippen LogP contribution is -2.49. The molecule has 7 heteroatoms. The van der Waals surface area contributed by atoms with E-state index < -0.39 is 22.7 Å². The lowest BCUT2D eigenvalue weighted by Gasteiger charge is -2.46. The highest BCUT2D eigenvalue weighted by Crippen LogP contribution is 2.52. The van der Waals surface area contributed by atoms with Gasteiger partial charge in [0.05, 0.1) is 16.8 Å². The molecule has 182 valence electrons. The van der Waals surface area contributed by atoms with Crippen molar-refractivity contribution >= 4 is 17.2 Å². The molecule has 3 heterocycles. The van der Waals surface area contributed by atoms with E-state index in [1.54, 1.807) is 0 Å². The van der Waals surface area contributed by atoms with Gasteiger partial charge in [-0.15, -0.1) is 0 Å². The Balaban J connectivity index is 1.52. The number of imidazole rings is 1. The second kappa shape index (κ2) is 7.91. The number of aromatic amines is 1. The van der Waals surface area contributed by atoms with Crippen LogP contribution in [0.5, 0.6) is 0 Å². The first kappa shape index (κ1) is 23.5. The summed E-state index contributed by atoms with van der Waals surface area (Å²) >= 11 is 0. The predicted octanol–water partition coefficient (Wildman–Crippen LogP) is 5.21. The number of H-pyrrole nitrogens is 1. The number of rotatable bonds is 4. The third-order valence-corrected chi connectivity index (χ3v) is 7.57. The molecule has 1 amide bonds. The quantitative estimate of drug-likeness (QED) is 0.529. The number of nitrogens with zero attached hydrogens (tertiary/aromatic N) is 2. The molecule has 1 aromatic carbocycles. The molecule has 5 rings (SSSR count). The maximum Gasteiger partial charge on any atom is 0.291 e. The minimum absolute atomic E-state index is 0.0851. The SMILES string of the molecule is CC1(C)CC=C(c2cc(C3(O)CC4(C)C=CC(C)(C3)O4)ccc2NC(=O)c2nc(C#N)c[nH]2)CC1. The van der Waals surface area contributed by atoms with Crippen LogP contribution in [0.3, 0.4) is 0 Å². The van der Waals surface area contributed by atoms with Gasteiger partial charge < -0.3 is 20.1 Å². The number of amides is 1. The van der Waals surface area contributed by atoms with E-state index in [2.05, 4.69) is 47.4 Å². The first-order valence-electron chi connectivity index (χ1n) is 12.2. The van der Waals surface area contributed by atoms with Crippen molar-refractivity contribution in [1.82, 2.24) is 9.97 Å². The van der Waals surface area contributed by atoms with Gasteiger partial charge in [0.15, 0.2) is 11.5 Å². The Bertz CT molecular complexity index is 1280. The highest BCUT2D eigenvalue weighted by atomic mass is 16.5. The van der Waals surface area contributed by atoms with Gasteiger partial charge in [0.2, 0.25) is 0 Å². The minimum Gasteiger partial charge on any atom is -0.385 e. The lowest BCUT2D eigenvalue weighted by atomic mass is 9.74. The van der Waals surface area contributed by atoms with E-state index in [-0.39, 0.29) is 16.9 Å². The fourth-order valence-corrected chi connectivity index (χ4v) is 5.78. The third kappa shape index (κ3) is 4.44. The molecule has 2 unspecified atom stereocenters. The number of carbonyl (C=O) groups excluding carboxylic acids is 1. The van der Waals surface area contributed by atoms with Gasteiger partial charge >= 0.3 is 0 Å². The molecule has 2 atom stereocenters. The van der Waals surface area contributed by atoms with Crippen LogP contribution >= 0.6 is 0 Å². The summed E-state index contributed by atoms with van der Waals surface area (Å²) in [5, 5.41) is 23.9. The van der Waals surface area contributed by atoms with Crippen LogP contribution < -0.4 is 5.32 Å². The Morgan fingerprint density at radius 3 is 2.51 bits per heavy atom. The molecule has 1 aromatic heterocycles. The summed E-state index contributed by atoms with van der Waals surface area (Å²) < 4.78 is 6.22. The largest absolute Gasteiger partial charge is 0.385 e. The summed E-state index contributed by atoms with van der Waals surface area (Å²) in [7, 11) is 0. The van der Waals surface area contributed by atoms with Crippen molar-refractivity contribution in [2.75, 3.05) is 5.32 Å². The molecule has 2 aliphatic heterocycles. The zero-order valence-electron chi connectivity index (χ0n) is 20.7. The number of hydrogen-bond acceptors (Lipinski definition) is 5. The van der Waals surface area contributed by atoms with E-state index in [4.69, 9.17) is 10.00 Å². The van der Waals surface area contributed by atoms with E-state index in [9.17, 15) is 9.90 Å². The van der Waals surface area contributed by atoms with Gasteiger partial charge in [-0.2, -0.15) is 5.26 Å². The Kier molecular flexibility index (Phi) is 5.31. The standard InChI is InChI=1S/C28H32N4O3/c1-25(2)9-7-18(8-10-25)21-13-19(28(34)16-26(3)11-12-27(4,17-28)35-26)5-6-22(21)32-24(33)23-30-15-20(14-29)31-23/h5-7,11-13,15,34H,8-10,16-17H2,1-4H3,(H,30,31)(H,32,33). The van der Waals surface area contributed by atoms with Gasteiger partial charge in [-0.1, -0.05) is 38.1 Å². The maximum absolute atomic E-state index is 12.9. The molecule has 1 fully saturated rings. The van der Waals surface area contributed by atoms with Crippen molar-refractivity contribution in [2.24, 2.45) is 5.41 Å². The van der Waals surface area contributed by atoms with Gasteiger partial charge in [-0.05, 0) is 61.8 Å². The van der Waals surface area contributed by atoms with Crippen molar-refractivity contribution < 1.29 is 14.6 Å². The molecule has 3 N–H and O–H groups in total. The van der Waals surface area contributed by atoms with Crippen molar-refractivity contribution in [3.63, 3.8) is 0 Å².